The van der Waals surface area contributed by atoms with Crippen LogP contribution in [-0.2, 0) is 6.54 Å². The summed E-state index contributed by atoms with van der Waals surface area (Å²) in [5.41, 5.74) is 2.45. The second-order valence-electron chi connectivity index (χ2n) is 4.31. The summed E-state index contributed by atoms with van der Waals surface area (Å²) in [6.07, 6.45) is 5.77. The van der Waals surface area contributed by atoms with E-state index in [4.69, 9.17) is 5.84 Å². The molecule has 0 radical (unpaired) electrons. The summed E-state index contributed by atoms with van der Waals surface area (Å²) in [4.78, 5) is 2.51. The molecule has 1 fully saturated rings. The second kappa shape index (κ2) is 5.66. The van der Waals surface area contributed by atoms with Gasteiger partial charge in [0, 0.05) is 6.54 Å². The molecule has 1 saturated heterocycles. The maximum Gasteiger partial charge on any atom is 0.0541 e. The maximum atomic E-state index is 5.22. The average Bonchev–Trinajstić information content (AvgIpc) is 2.33. The Morgan fingerprint density at radius 2 is 1.94 bits per heavy atom. The van der Waals surface area contributed by atoms with Crippen molar-refractivity contribution in [3.63, 3.8) is 0 Å². The third-order valence-electron chi connectivity index (χ3n) is 3.11. The van der Waals surface area contributed by atoms with E-state index in [-0.39, 0.29) is 0 Å². The number of piperidine rings is 1. The molecule has 1 aromatic rings. The lowest BCUT2D eigenvalue weighted by Crippen LogP contribution is -2.29. The van der Waals surface area contributed by atoms with Gasteiger partial charge in [-0.25, -0.2) is 0 Å². The normalized spacial score (nSPS) is 18.0. The van der Waals surface area contributed by atoms with Crippen molar-refractivity contribution >= 4 is 6.21 Å². The van der Waals surface area contributed by atoms with Gasteiger partial charge < -0.3 is 5.84 Å². The Balaban J connectivity index is 2.07. The fourth-order valence-corrected chi connectivity index (χ4v) is 2.24. The Morgan fingerprint density at radius 3 is 2.69 bits per heavy atom. The summed E-state index contributed by atoms with van der Waals surface area (Å²) in [6.45, 7) is 3.45. The van der Waals surface area contributed by atoms with Crippen molar-refractivity contribution in [1.82, 2.24) is 4.90 Å². The van der Waals surface area contributed by atoms with Gasteiger partial charge in [-0.2, -0.15) is 5.10 Å². The molecule has 0 spiro atoms. The lowest BCUT2D eigenvalue weighted by atomic mass is 10.1. The summed E-state index contributed by atoms with van der Waals surface area (Å²) >= 11 is 0. The number of benzene rings is 1. The number of nitrogens with two attached hydrogens (primary N) is 1. The van der Waals surface area contributed by atoms with Gasteiger partial charge in [-0.1, -0.05) is 30.7 Å². The zero-order chi connectivity index (χ0) is 11.2. The Bertz CT molecular complexity index is 354. The Kier molecular flexibility index (Phi) is 3.94. The molecule has 0 aliphatic carbocycles. The highest BCUT2D eigenvalue weighted by molar-refractivity contribution is 5.81. The van der Waals surface area contributed by atoms with Crippen LogP contribution in [0, 0.1) is 0 Å². The third-order valence-corrected chi connectivity index (χ3v) is 3.11. The van der Waals surface area contributed by atoms with Crippen LogP contribution < -0.4 is 5.84 Å². The van der Waals surface area contributed by atoms with Crippen LogP contribution in [0.5, 0.6) is 0 Å². The first-order valence-electron chi connectivity index (χ1n) is 5.93. The lowest BCUT2D eigenvalue weighted by molar-refractivity contribution is 0.221. The van der Waals surface area contributed by atoms with Gasteiger partial charge in [0.25, 0.3) is 0 Å². The van der Waals surface area contributed by atoms with Crippen molar-refractivity contribution in [2.24, 2.45) is 10.9 Å². The number of hydrogen-bond acceptors (Lipinski definition) is 3. The van der Waals surface area contributed by atoms with Crippen LogP contribution in [0.4, 0.5) is 0 Å². The predicted octanol–water partition coefficient (Wildman–Crippen LogP) is 1.97. The fraction of sp³-hybridized carbons (Fsp3) is 0.462. The van der Waals surface area contributed by atoms with Gasteiger partial charge >= 0.3 is 0 Å². The summed E-state index contributed by atoms with van der Waals surface area (Å²) in [6, 6.07) is 8.32. The Hall–Kier alpha value is -1.35. The van der Waals surface area contributed by atoms with E-state index in [1.807, 2.05) is 6.07 Å². The first kappa shape index (κ1) is 11.1. The SMILES string of the molecule is NN=Cc1ccccc1CN1CCCCC1. The van der Waals surface area contributed by atoms with E-state index in [1.165, 1.54) is 37.9 Å². The molecule has 1 aromatic carbocycles. The van der Waals surface area contributed by atoms with E-state index in [9.17, 15) is 0 Å². The highest BCUT2D eigenvalue weighted by atomic mass is 15.1. The molecular formula is C13H19N3. The minimum Gasteiger partial charge on any atom is -0.323 e. The van der Waals surface area contributed by atoms with Crippen LogP contribution in [-0.4, -0.2) is 24.2 Å². The van der Waals surface area contributed by atoms with Gasteiger partial charge in [0.05, 0.1) is 6.21 Å². The first-order chi connectivity index (χ1) is 7.90. The van der Waals surface area contributed by atoms with Crippen molar-refractivity contribution in [2.75, 3.05) is 13.1 Å². The molecule has 0 unspecified atom stereocenters. The van der Waals surface area contributed by atoms with Crippen molar-refractivity contribution in [2.45, 2.75) is 25.8 Å². The van der Waals surface area contributed by atoms with E-state index >= 15 is 0 Å². The van der Waals surface area contributed by atoms with Crippen LogP contribution in [0.2, 0.25) is 0 Å². The van der Waals surface area contributed by atoms with E-state index in [0.29, 0.717) is 0 Å². The van der Waals surface area contributed by atoms with Crippen LogP contribution in [0.3, 0.4) is 0 Å². The summed E-state index contributed by atoms with van der Waals surface area (Å²) in [5, 5.41) is 3.62. The van der Waals surface area contributed by atoms with Gasteiger partial charge in [0.15, 0.2) is 0 Å². The first-order valence-corrected chi connectivity index (χ1v) is 5.93. The van der Waals surface area contributed by atoms with E-state index in [1.54, 1.807) is 6.21 Å². The molecule has 86 valence electrons. The molecule has 3 heteroatoms. The van der Waals surface area contributed by atoms with Crippen LogP contribution in [0.25, 0.3) is 0 Å². The van der Waals surface area contributed by atoms with Crippen LogP contribution in [0.1, 0.15) is 30.4 Å². The van der Waals surface area contributed by atoms with Crippen LogP contribution >= 0.6 is 0 Å². The molecule has 0 atom stereocenters. The zero-order valence-electron chi connectivity index (χ0n) is 9.60. The highest BCUT2D eigenvalue weighted by Gasteiger charge is 2.11. The minimum absolute atomic E-state index is 1.02. The molecule has 1 heterocycles. The maximum absolute atomic E-state index is 5.22. The van der Waals surface area contributed by atoms with Crippen molar-refractivity contribution < 1.29 is 0 Å². The minimum atomic E-state index is 1.02. The summed E-state index contributed by atoms with van der Waals surface area (Å²) in [7, 11) is 0. The number of hydrogen-bond donors (Lipinski definition) is 1. The monoisotopic (exact) mass is 217 g/mol. The van der Waals surface area contributed by atoms with Gasteiger partial charge in [-0.05, 0) is 37.1 Å². The number of rotatable bonds is 3. The molecule has 2 N–H and O–H groups in total. The largest absolute Gasteiger partial charge is 0.323 e. The van der Waals surface area contributed by atoms with E-state index in [0.717, 1.165) is 12.1 Å². The number of likely N-dealkylation sites (tertiary alicyclic amines) is 1. The molecule has 0 amide bonds. The van der Waals surface area contributed by atoms with Gasteiger partial charge in [0.2, 0.25) is 0 Å². The number of nitrogens with zero attached hydrogens (tertiary/aromatic N) is 2. The summed E-state index contributed by atoms with van der Waals surface area (Å²) < 4.78 is 0. The fourth-order valence-electron chi connectivity index (χ4n) is 2.24. The molecule has 2 rings (SSSR count). The van der Waals surface area contributed by atoms with Gasteiger partial charge in [-0.15, -0.1) is 0 Å². The van der Waals surface area contributed by atoms with Crippen molar-refractivity contribution in [3.05, 3.63) is 35.4 Å². The van der Waals surface area contributed by atoms with Crippen molar-refractivity contribution in [3.8, 4) is 0 Å². The summed E-state index contributed by atoms with van der Waals surface area (Å²) in [5.74, 6) is 5.22. The topological polar surface area (TPSA) is 41.6 Å². The zero-order valence-corrected chi connectivity index (χ0v) is 9.60. The molecule has 0 saturated carbocycles. The molecule has 16 heavy (non-hydrogen) atoms. The van der Waals surface area contributed by atoms with E-state index < -0.39 is 0 Å². The average molecular weight is 217 g/mol. The Labute approximate surface area is 96.9 Å². The van der Waals surface area contributed by atoms with E-state index in [2.05, 4.69) is 28.2 Å². The quantitative estimate of drug-likeness (QED) is 0.478. The molecular weight excluding hydrogens is 198 g/mol. The van der Waals surface area contributed by atoms with Crippen LogP contribution in [0.15, 0.2) is 29.4 Å². The molecule has 0 bridgehead atoms. The smallest absolute Gasteiger partial charge is 0.0541 e. The molecule has 1 aliphatic rings. The predicted molar refractivity (Wildman–Crippen MR) is 67.4 cm³/mol. The Morgan fingerprint density at radius 1 is 1.19 bits per heavy atom. The van der Waals surface area contributed by atoms with Crippen molar-refractivity contribution in [1.29, 1.82) is 0 Å². The van der Waals surface area contributed by atoms with Gasteiger partial charge in [0.1, 0.15) is 0 Å². The third kappa shape index (κ3) is 2.83. The second-order valence-corrected chi connectivity index (χ2v) is 4.31. The molecule has 3 nitrogen and oxygen atoms in total. The highest BCUT2D eigenvalue weighted by Crippen LogP contribution is 2.14. The number of hydrazone groups is 1. The standard InChI is InChI=1S/C13H19N3/c14-15-10-12-6-2-3-7-13(12)11-16-8-4-1-5-9-16/h2-3,6-7,10H,1,4-5,8-9,11,14H2. The van der Waals surface area contributed by atoms with Gasteiger partial charge in [-0.3, -0.25) is 4.90 Å². The molecule has 1 aliphatic heterocycles. The lowest BCUT2D eigenvalue weighted by Gasteiger charge is -2.26. The molecule has 0 aromatic heterocycles.